The maximum Gasteiger partial charge on any atom is 0.188 e. The monoisotopic (exact) mass is 264 g/mol. The second-order valence-corrected chi connectivity index (χ2v) is 6.84. The number of nitrogens with zero attached hydrogens (tertiary/aromatic N) is 2. The molecule has 0 bridgehead atoms. The van der Waals surface area contributed by atoms with Gasteiger partial charge in [0.1, 0.15) is 5.69 Å². The van der Waals surface area contributed by atoms with E-state index in [-0.39, 0.29) is 28.6 Å². The van der Waals surface area contributed by atoms with Crippen LogP contribution in [-0.2, 0) is 0 Å². The lowest BCUT2D eigenvalue weighted by molar-refractivity contribution is 0.0929. The molecule has 1 saturated carbocycles. The zero-order chi connectivity index (χ0) is 14.6. The van der Waals surface area contributed by atoms with Crippen molar-refractivity contribution in [3.05, 3.63) is 11.9 Å². The first-order valence-corrected chi connectivity index (χ1v) is 6.82. The first-order valence-electron chi connectivity index (χ1n) is 6.82. The van der Waals surface area contributed by atoms with Gasteiger partial charge >= 0.3 is 0 Å². The van der Waals surface area contributed by atoms with Crippen molar-refractivity contribution in [2.75, 3.05) is 7.11 Å². The molecule has 1 aromatic rings. The Morgan fingerprint density at radius 3 is 2.21 bits per heavy atom. The third-order valence-corrected chi connectivity index (χ3v) is 4.99. The second-order valence-electron chi connectivity index (χ2n) is 6.84. The van der Waals surface area contributed by atoms with Crippen LogP contribution in [-0.4, -0.2) is 22.7 Å². The number of carbonyl (C=O) groups excluding carboxylic acids is 1. The van der Waals surface area contributed by atoms with Gasteiger partial charge in [-0.15, -0.1) is 0 Å². The topological polar surface area (TPSA) is 44.1 Å². The van der Waals surface area contributed by atoms with Gasteiger partial charge in [0.2, 0.25) is 0 Å². The van der Waals surface area contributed by atoms with Crippen LogP contribution in [0.3, 0.4) is 0 Å². The molecule has 1 heterocycles. The van der Waals surface area contributed by atoms with Gasteiger partial charge in [-0.3, -0.25) is 9.48 Å². The molecule has 0 spiro atoms. The molecule has 1 aliphatic carbocycles. The summed E-state index contributed by atoms with van der Waals surface area (Å²) >= 11 is 0. The Morgan fingerprint density at radius 2 is 1.84 bits per heavy atom. The predicted octanol–water partition coefficient (Wildman–Crippen LogP) is 3.34. The van der Waals surface area contributed by atoms with E-state index in [9.17, 15) is 4.79 Å². The highest BCUT2D eigenvalue weighted by Gasteiger charge is 2.68. The standard InChI is InChI=1S/C15H24N2O2/c1-9(2)17-11(10(19-7)8-16-17)12(18)13-14(3,4)15(13,5)6/h8-9,13H,1-7H3. The smallest absolute Gasteiger partial charge is 0.188 e. The summed E-state index contributed by atoms with van der Waals surface area (Å²) in [6.07, 6.45) is 1.63. The molecule has 0 saturated heterocycles. The van der Waals surface area contributed by atoms with Gasteiger partial charge < -0.3 is 4.74 Å². The van der Waals surface area contributed by atoms with Crippen molar-refractivity contribution in [3.63, 3.8) is 0 Å². The molecule has 0 N–H and O–H groups in total. The summed E-state index contributed by atoms with van der Waals surface area (Å²) < 4.78 is 7.08. The summed E-state index contributed by atoms with van der Waals surface area (Å²) in [6, 6.07) is 0.146. The Kier molecular flexibility index (Phi) is 3.03. The van der Waals surface area contributed by atoms with E-state index >= 15 is 0 Å². The van der Waals surface area contributed by atoms with Crippen LogP contribution in [0, 0.1) is 16.7 Å². The molecule has 0 radical (unpaired) electrons. The van der Waals surface area contributed by atoms with Crippen molar-refractivity contribution in [2.24, 2.45) is 16.7 Å². The molecule has 1 aromatic heterocycles. The predicted molar refractivity (Wildman–Crippen MR) is 74.5 cm³/mol. The molecule has 0 unspecified atom stereocenters. The number of hydrogen-bond acceptors (Lipinski definition) is 3. The van der Waals surface area contributed by atoms with E-state index in [2.05, 4.69) is 32.8 Å². The zero-order valence-electron chi connectivity index (χ0n) is 12.9. The van der Waals surface area contributed by atoms with Crippen molar-refractivity contribution < 1.29 is 9.53 Å². The van der Waals surface area contributed by atoms with Gasteiger partial charge in [-0.05, 0) is 24.7 Å². The Labute approximate surface area is 115 Å². The molecule has 0 amide bonds. The molecule has 2 rings (SSSR count). The van der Waals surface area contributed by atoms with Crippen LogP contribution in [0.25, 0.3) is 0 Å². The van der Waals surface area contributed by atoms with Gasteiger partial charge in [0.15, 0.2) is 11.5 Å². The first kappa shape index (κ1) is 14.1. The minimum atomic E-state index is 0.0289. The second kappa shape index (κ2) is 4.09. The van der Waals surface area contributed by atoms with Crippen molar-refractivity contribution in [1.29, 1.82) is 0 Å². The summed E-state index contributed by atoms with van der Waals surface area (Å²) in [5.41, 5.74) is 0.670. The summed E-state index contributed by atoms with van der Waals surface area (Å²) in [5.74, 6) is 0.762. The van der Waals surface area contributed by atoms with E-state index in [4.69, 9.17) is 4.74 Å². The Balaban J connectivity index is 2.43. The van der Waals surface area contributed by atoms with Gasteiger partial charge in [0, 0.05) is 12.0 Å². The van der Waals surface area contributed by atoms with E-state index in [0.717, 1.165) is 0 Å². The molecule has 4 heteroatoms. The third kappa shape index (κ3) is 1.80. The Morgan fingerprint density at radius 1 is 1.32 bits per heavy atom. The largest absolute Gasteiger partial charge is 0.493 e. The van der Waals surface area contributed by atoms with E-state index in [1.165, 1.54) is 0 Å². The Hall–Kier alpha value is -1.32. The number of hydrogen-bond donors (Lipinski definition) is 0. The minimum Gasteiger partial charge on any atom is -0.493 e. The van der Waals surface area contributed by atoms with Crippen LogP contribution < -0.4 is 4.74 Å². The number of aromatic nitrogens is 2. The maximum atomic E-state index is 12.9. The number of ketones is 1. The van der Waals surface area contributed by atoms with E-state index in [1.807, 2.05) is 13.8 Å². The summed E-state index contributed by atoms with van der Waals surface area (Å²) in [6.45, 7) is 12.6. The number of rotatable bonds is 4. The number of methoxy groups -OCH3 is 1. The van der Waals surface area contributed by atoms with Crippen molar-refractivity contribution in [1.82, 2.24) is 9.78 Å². The number of carbonyl (C=O) groups is 1. The molecule has 106 valence electrons. The lowest BCUT2D eigenvalue weighted by Gasteiger charge is -2.12. The quantitative estimate of drug-likeness (QED) is 0.783. The molecular weight excluding hydrogens is 240 g/mol. The Bertz CT molecular complexity index is 498. The maximum absolute atomic E-state index is 12.9. The van der Waals surface area contributed by atoms with Crippen LogP contribution in [0.1, 0.15) is 58.1 Å². The fourth-order valence-electron chi connectivity index (χ4n) is 3.11. The lowest BCUT2D eigenvalue weighted by atomic mass is 10.0. The highest BCUT2D eigenvalue weighted by atomic mass is 16.5. The molecule has 0 atom stereocenters. The average molecular weight is 264 g/mol. The fraction of sp³-hybridized carbons (Fsp3) is 0.733. The minimum absolute atomic E-state index is 0.0289. The highest BCUT2D eigenvalue weighted by molar-refractivity contribution is 6.02. The molecule has 0 aromatic carbocycles. The van der Waals surface area contributed by atoms with Crippen molar-refractivity contribution >= 4 is 5.78 Å². The number of ether oxygens (including phenoxy) is 1. The molecule has 19 heavy (non-hydrogen) atoms. The number of Topliss-reactive ketones (excluding diaryl/α,β-unsaturated/α-hetero) is 1. The third-order valence-electron chi connectivity index (χ3n) is 4.99. The molecule has 4 nitrogen and oxygen atoms in total. The van der Waals surface area contributed by atoms with Crippen LogP contribution in [0.4, 0.5) is 0 Å². The van der Waals surface area contributed by atoms with E-state index in [0.29, 0.717) is 11.4 Å². The van der Waals surface area contributed by atoms with Crippen LogP contribution in [0.15, 0.2) is 6.20 Å². The van der Waals surface area contributed by atoms with E-state index in [1.54, 1.807) is 18.0 Å². The van der Waals surface area contributed by atoms with Crippen molar-refractivity contribution in [3.8, 4) is 5.75 Å². The highest BCUT2D eigenvalue weighted by Crippen LogP contribution is 2.69. The summed E-state index contributed by atoms with van der Waals surface area (Å²) in [4.78, 5) is 12.9. The van der Waals surface area contributed by atoms with E-state index < -0.39 is 0 Å². The molecule has 1 aliphatic rings. The van der Waals surface area contributed by atoms with Gasteiger partial charge in [0.05, 0.1) is 13.3 Å². The average Bonchev–Trinajstić information content (AvgIpc) is 2.67. The lowest BCUT2D eigenvalue weighted by Crippen LogP contribution is -2.17. The SMILES string of the molecule is COc1cnn(C(C)C)c1C(=O)C1C(C)(C)C1(C)C. The summed E-state index contributed by atoms with van der Waals surface area (Å²) in [5, 5.41) is 4.28. The van der Waals surface area contributed by atoms with Crippen LogP contribution in [0.5, 0.6) is 5.75 Å². The van der Waals surface area contributed by atoms with Gasteiger partial charge in [-0.25, -0.2) is 0 Å². The van der Waals surface area contributed by atoms with Crippen LogP contribution >= 0.6 is 0 Å². The van der Waals surface area contributed by atoms with Gasteiger partial charge in [-0.2, -0.15) is 5.10 Å². The molecule has 0 aliphatic heterocycles. The van der Waals surface area contributed by atoms with Crippen molar-refractivity contribution in [2.45, 2.75) is 47.6 Å². The fourth-order valence-corrected chi connectivity index (χ4v) is 3.11. The molecular formula is C15H24N2O2. The van der Waals surface area contributed by atoms with Crippen LogP contribution in [0.2, 0.25) is 0 Å². The molecule has 1 fully saturated rings. The summed E-state index contributed by atoms with van der Waals surface area (Å²) in [7, 11) is 1.58. The normalized spacial score (nSPS) is 20.6. The van der Waals surface area contributed by atoms with Gasteiger partial charge in [0.25, 0.3) is 0 Å². The van der Waals surface area contributed by atoms with Gasteiger partial charge in [-0.1, -0.05) is 27.7 Å². The first-order chi connectivity index (χ1) is 8.66. The zero-order valence-corrected chi connectivity index (χ0v) is 12.9.